The number of nitrogens with two attached hydrogens (primary N) is 1. The molecule has 0 saturated carbocycles. The average Bonchev–Trinajstić information content (AvgIpc) is 3.08. The van der Waals surface area contributed by atoms with Gasteiger partial charge in [0.05, 0.1) is 6.04 Å². The second-order valence-corrected chi connectivity index (χ2v) is 4.91. The Morgan fingerprint density at radius 3 is 2.89 bits per heavy atom. The molecule has 7 heteroatoms. The highest BCUT2D eigenvalue weighted by Crippen LogP contribution is 2.19. The van der Waals surface area contributed by atoms with Crippen molar-refractivity contribution < 1.29 is 4.52 Å². The van der Waals surface area contributed by atoms with Crippen molar-refractivity contribution in [1.82, 2.24) is 24.8 Å². The molecule has 1 aliphatic rings. The second kappa shape index (κ2) is 5.10. The molecule has 1 unspecified atom stereocenters. The molecule has 7 nitrogen and oxygen atoms in total. The molecule has 0 aromatic carbocycles. The minimum atomic E-state index is -0.205. The largest absolute Gasteiger partial charge is 0.332 e. The van der Waals surface area contributed by atoms with Gasteiger partial charge in [0, 0.05) is 19.8 Å². The molecule has 1 aliphatic heterocycles. The van der Waals surface area contributed by atoms with Crippen LogP contribution in [0.5, 0.6) is 0 Å². The van der Waals surface area contributed by atoms with Gasteiger partial charge in [-0.15, -0.1) is 0 Å². The highest BCUT2D eigenvalue weighted by molar-refractivity contribution is 5.45. The molecule has 0 radical (unpaired) electrons. The van der Waals surface area contributed by atoms with E-state index in [9.17, 15) is 0 Å². The van der Waals surface area contributed by atoms with Gasteiger partial charge in [0.2, 0.25) is 0 Å². The molecule has 2 aromatic heterocycles. The topological polar surface area (TPSA) is 86.0 Å². The molecule has 3 heterocycles. The van der Waals surface area contributed by atoms with Crippen LogP contribution in [0.4, 0.5) is 0 Å². The Balaban J connectivity index is 1.72. The molecule has 1 fully saturated rings. The van der Waals surface area contributed by atoms with E-state index in [-0.39, 0.29) is 6.04 Å². The summed E-state index contributed by atoms with van der Waals surface area (Å²) in [7, 11) is 1.84. The third-order valence-electron chi connectivity index (χ3n) is 3.47. The number of aromatic nitrogens is 4. The zero-order chi connectivity index (χ0) is 13.2. The number of rotatable bonds is 4. The van der Waals surface area contributed by atoms with Crippen molar-refractivity contribution in [2.75, 3.05) is 19.6 Å². The number of hydrogen-bond donors (Lipinski definition) is 1. The first-order chi connectivity index (χ1) is 9.24. The van der Waals surface area contributed by atoms with Gasteiger partial charge in [0.1, 0.15) is 5.69 Å². The van der Waals surface area contributed by atoms with Gasteiger partial charge in [-0.05, 0) is 32.0 Å². The SMILES string of the molecule is Cn1nccc1-c1nc(C(N)CN2CCCC2)no1. The van der Waals surface area contributed by atoms with Crippen LogP contribution in [-0.2, 0) is 7.05 Å². The van der Waals surface area contributed by atoms with Crippen molar-refractivity contribution in [3.05, 3.63) is 18.1 Å². The normalized spacial score (nSPS) is 18.0. The van der Waals surface area contributed by atoms with Crippen LogP contribution in [0.3, 0.4) is 0 Å². The Hall–Kier alpha value is -1.73. The van der Waals surface area contributed by atoms with Crippen LogP contribution in [-0.4, -0.2) is 44.5 Å². The predicted octanol–water partition coefficient (Wildman–Crippen LogP) is 0.566. The summed E-state index contributed by atoms with van der Waals surface area (Å²) >= 11 is 0. The number of likely N-dealkylation sites (tertiary alicyclic amines) is 1. The fourth-order valence-corrected chi connectivity index (χ4v) is 2.40. The molecule has 3 rings (SSSR count). The Kier molecular flexibility index (Phi) is 3.31. The van der Waals surface area contributed by atoms with E-state index in [1.807, 2.05) is 13.1 Å². The summed E-state index contributed by atoms with van der Waals surface area (Å²) in [5.41, 5.74) is 6.93. The maximum absolute atomic E-state index is 6.13. The maximum Gasteiger partial charge on any atom is 0.276 e. The maximum atomic E-state index is 6.13. The van der Waals surface area contributed by atoms with E-state index in [0.29, 0.717) is 11.7 Å². The van der Waals surface area contributed by atoms with Crippen LogP contribution in [0.15, 0.2) is 16.8 Å². The van der Waals surface area contributed by atoms with Gasteiger partial charge in [-0.2, -0.15) is 10.1 Å². The summed E-state index contributed by atoms with van der Waals surface area (Å²) in [6.07, 6.45) is 4.20. The zero-order valence-electron chi connectivity index (χ0n) is 11.0. The first-order valence-corrected chi connectivity index (χ1v) is 6.54. The molecular weight excluding hydrogens is 244 g/mol. The Labute approximate surface area is 111 Å². The second-order valence-electron chi connectivity index (χ2n) is 4.91. The minimum Gasteiger partial charge on any atom is -0.332 e. The lowest BCUT2D eigenvalue weighted by Crippen LogP contribution is -2.30. The molecule has 0 aliphatic carbocycles. The monoisotopic (exact) mass is 262 g/mol. The van der Waals surface area contributed by atoms with Gasteiger partial charge in [0.15, 0.2) is 5.82 Å². The molecule has 19 heavy (non-hydrogen) atoms. The highest BCUT2D eigenvalue weighted by Gasteiger charge is 2.21. The van der Waals surface area contributed by atoms with E-state index < -0.39 is 0 Å². The quantitative estimate of drug-likeness (QED) is 0.866. The Morgan fingerprint density at radius 2 is 2.21 bits per heavy atom. The third-order valence-corrected chi connectivity index (χ3v) is 3.47. The van der Waals surface area contributed by atoms with Gasteiger partial charge < -0.3 is 15.2 Å². The summed E-state index contributed by atoms with van der Waals surface area (Å²) in [5, 5.41) is 8.06. The average molecular weight is 262 g/mol. The molecule has 0 spiro atoms. The fraction of sp³-hybridized carbons (Fsp3) is 0.583. The van der Waals surface area contributed by atoms with Gasteiger partial charge in [-0.3, -0.25) is 4.68 Å². The minimum absolute atomic E-state index is 0.205. The van der Waals surface area contributed by atoms with Gasteiger partial charge in [0.25, 0.3) is 5.89 Å². The van der Waals surface area contributed by atoms with E-state index in [1.54, 1.807) is 10.9 Å². The zero-order valence-corrected chi connectivity index (χ0v) is 11.0. The summed E-state index contributed by atoms with van der Waals surface area (Å²) < 4.78 is 6.95. The Bertz CT molecular complexity index is 542. The van der Waals surface area contributed by atoms with Crippen LogP contribution in [0, 0.1) is 0 Å². The summed E-state index contributed by atoms with van der Waals surface area (Å²) in [5.74, 6) is 1.02. The summed E-state index contributed by atoms with van der Waals surface area (Å²) in [6.45, 7) is 3.00. The molecule has 0 bridgehead atoms. The van der Waals surface area contributed by atoms with Gasteiger partial charge >= 0.3 is 0 Å². The van der Waals surface area contributed by atoms with Crippen molar-refractivity contribution in [2.45, 2.75) is 18.9 Å². The standard InChI is InChI=1S/C12H18N6O/c1-17-10(4-5-14-17)12-15-11(16-19-12)9(13)8-18-6-2-3-7-18/h4-5,9H,2-3,6-8,13H2,1H3. The first kappa shape index (κ1) is 12.3. The molecule has 102 valence electrons. The Morgan fingerprint density at radius 1 is 1.42 bits per heavy atom. The van der Waals surface area contributed by atoms with E-state index >= 15 is 0 Å². The molecule has 1 atom stereocenters. The molecular formula is C12H18N6O. The van der Waals surface area contributed by atoms with Crippen LogP contribution in [0.25, 0.3) is 11.6 Å². The number of nitrogens with zero attached hydrogens (tertiary/aromatic N) is 5. The van der Waals surface area contributed by atoms with Gasteiger partial charge in [-0.1, -0.05) is 5.16 Å². The van der Waals surface area contributed by atoms with Crippen molar-refractivity contribution in [3.63, 3.8) is 0 Å². The first-order valence-electron chi connectivity index (χ1n) is 6.54. The highest BCUT2D eigenvalue weighted by atomic mass is 16.5. The predicted molar refractivity (Wildman–Crippen MR) is 69.1 cm³/mol. The molecule has 2 aromatic rings. The molecule has 1 saturated heterocycles. The lowest BCUT2D eigenvalue weighted by molar-refractivity contribution is 0.306. The number of aryl methyl sites for hydroxylation is 1. The number of hydrogen-bond acceptors (Lipinski definition) is 6. The molecule has 0 amide bonds. The fourth-order valence-electron chi connectivity index (χ4n) is 2.40. The summed E-state index contributed by atoms with van der Waals surface area (Å²) in [4.78, 5) is 6.70. The van der Waals surface area contributed by atoms with E-state index in [2.05, 4.69) is 20.1 Å². The van der Waals surface area contributed by atoms with E-state index in [1.165, 1.54) is 12.8 Å². The van der Waals surface area contributed by atoms with Crippen LogP contribution in [0.2, 0.25) is 0 Å². The van der Waals surface area contributed by atoms with Crippen LogP contribution < -0.4 is 5.73 Å². The smallest absolute Gasteiger partial charge is 0.276 e. The van der Waals surface area contributed by atoms with Crippen LogP contribution in [0.1, 0.15) is 24.7 Å². The van der Waals surface area contributed by atoms with Crippen molar-refractivity contribution in [2.24, 2.45) is 12.8 Å². The lowest BCUT2D eigenvalue weighted by atomic mass is 10.3. The van der Waals surface area contributed by atoms with E-state index in [4.69, 9.17) is 10.3 Å². The van der Waals surface area contributed by atoms with E-state index in [0.717, 1.165) is 25.3 Å². The molecule has 2 N–H and O–H groups in total. The van der Waals surface area contributed by atoms with Crippen LogP contribution >= 0.6 is 0 Å². The lowest BCUT2D eigenvalue weighted by Gasteiger charge is -2.17. The van der Waals surface area contributed by atoms with Gasteiger partial charge in [-0.25, -0.2) is 0 Å². The summed E-state index contributed by atoms with van der Waals surface area (Å²) in [6, 6.07) is 1.63. The third kappa shape index (κ3) is 2.52. The van der Waals surface area contributed by atoms with Crippen molar-refractivity contribution >= 4 is 0 Å². The van der Waals surface area contributed by atoms with Crippen molar-refractivity contribution in [1.29, 1.82) is 0 Å². The van der Waals surface area contributed by atoms with Crippen molar-refractivity contribution in [3.8, 4) is 11.6 Å².